The lowest BCUT2D eigenvalue weighted by atomic mass is 9.63. The van der Waals surface area contributed by atoms with Gasteiger partial charge in [-0.3, -0.25) is 4.79 Å². The molecule has 0 saturated heterocycles. The number of carbonyl (C=O) groups is 1. The van der Waals surface area contributed by atoms with Crippen LogP contribution in [0, 0.1) is 0 Å². The maximum Gasteiger partial charge on any atom is 0.153 e. The van der Waals surface area contributed by atoms with Gasteiger partial charge in [-0.25, -0.2) is 0 Å². The average molecular weight is 302 g/mol. The molecule has 1 aromatic carbocycles. The largest absolute Gasteiger partial charge is 0.493 e. The quantitative estimate of drug-likeness (QED) is 0.518. The molecule has 0 heterocycles. The summed E-state index contributed by atoms with van der Waals surface area (Å²) in [5.41, 5.74) is 3.63. The second-order valence-electron chi connectivity index (χ2n) is 7.88. The summed E-state index contributed by atoms with van der Waals surface area (Å²) in [4.78, 5) is 11.5. The second kappa shape index (κ2) is 6.44. The van der Waals surface area contributed by atoms with Gasteiger partial charge in [-0.2, -0.15) is 0 Å². The molecule has 1 aliphatic carbocycles. The van der Waals surface area contributed by atoms with Gasteiger partial charge in [0.15, 0.2) is 6.29 Å². The van der Waals surface area contributed by atoms with Crippen molar-refractivity contribution in [2.24, 2.45) is 0 Å². The van der Waals surface area contributed by atoms with E-state index in [4.69, 9.17) is 4.74 Å². The first-order valence-corrected chi connectivity index (χ1v) is 8.59. The number of rotatable bonds is 6. The molecular formula is C20H30O2. The summed E-state index contributed by atoms with van der Waals surface area (Å²) in [5.74, 6) is 0.760. The number of fused-ring (bicyclic) bond motifs is 1. The summed E-state index contributed by atoms with van der Waals surface area (Å²) in [6, 6.07) is 4.20. The lowest BCUT2D eigenvalue weighted by Gasteiger charge is -2.42. The van der Waals surface area contributed by atoms with E-state index in [9.17, 15) is 4.79 Å². The van der Waals surface area contributed by atoms with E-state index in [-0.39, 0.29) is 10.8 Å². The third-order valence-corrected chi connectivity index (χ3v) is 5.12. The monoisotopic (exact) mass is 302 g/mol. The number of hydrogen-bond acceptors (Lipinski definition) is 2. The average Bonchev–Trinajstić information content (AvgIpc) is 2.48. The highest BCUT2D eigenvalue weighted by Crippen LogP contribution is 2.47. The van der Waals surface area contributed by atoms with Crippen molar-refractivity contribution >= 4 is 6.29 Å². The summed E-state index contributed by atoms with van der Waals surface area (Å²) in [5, 5.41) is 0. The van der Waals surface area contributed by atoms with Crippen molar-refractivity contribution in [2.45, 2.75) is 77.6 Å². The standard InChI is InChI=1S/C20H30O2/c1-6-7-8-11-22-18-13-17-16(12-15(18)14-21)19(2,3)9-10-20(17,4)5/h12-14H,6-11H2,1-5H3. The number of carbonyl (C=O) groups excluding carboxylic acids is 1. The first-order valence-electron chi connectivity index (χ1n) is 8.59. The van der Waals surface area contributed by atoms with Crippen molar-refractivity contribution in [1.29, 1.82) is 0 Å². The van der Waals surface area contributed by atoms with Gasteiger partial charge in [-0.05, 0) is 53.4 Å². The molecule has 1 aliphatic rings. The van der Waals surface area contributed by atoms with Crippen molar-refractivity contribution < 1.29 is 9.53 Å². The predicted octanol–water partition coefficient (Wildman–Crippen LogP) is 5.42. The first kappa shape index (κ1) is 17.1. The van der Waals surface area contributed by atoms with Gasteiger partial charge in [0, 0.05) is 0 Å². The molecule has 0 saturated carbocycles. The van der Waals surface area contributed by atoms with Crippen LogP contribution in [-0.4, -0.2) is 12.9 Å². The molecule has 2 rings (SSSR count). The Labute approximate surface area is 135 Å². The van der Waals surface area contributed by atoms with Gasteiger partial charge >= 0.3 is 0 Å². The molecule has 0 unspecified atom stereocenters. The van der Waals surface area contributed by atoms with E-state index in [1.54, 1.807) is 0 Å². The fourth-order valence-electron chi connectivity index (χ4n) is 3.36. The first-order chi connectivity index (χ1) is 10.3. The van der Waals surface area contributed by atoms with Crippen LogP contribution < -0.4 is 4.74 Å². The zero-order chi connectivity index (χ0) is 16.4. The zero-order valence-corrected chi connectivity index (χ0v) is 14.8. The lowest BCUT2D eigenvalue weighted by Crippen LogP contribution is -2.34. The number of hydrogen-bond donors (Lipinski definition) is 0. The van der Waals surface area contributed by atoms with E-state index in [0.29, 0.717) is 12.2 Å². The van der Waals surface area contributed by atoms with E-state index in [0.717, 1.165) is 24.9 Å². The minimum absolute atomic E-state index is 0.128. The number of ether oxygens (including phenoxy) is 1. The van der Waals surface area contributed by atoms with Crippen LogP contribution in [0.5, 0.6) is 5.75 Å². The molecule has 2 heteroatoms. The fourth-order valence-corrected chi connectivity index (χ4v) is 3.36. The topological polar surface area (TPSA) is 26.3 Å². The van der Waals surface area contributed by atoms with Gasteiger partial charge in [0.1, 0.15) is 5.75 Å². The summed E-state index contributed by atoms with van der Waals surface area (Å²) in [6.45, 7) is 12.0. The van der Waals surface area contributed by atoms with Crippen molar-refractivity contribution in [3.63, 3.8) is 0 Å². The normalized spacial score (nSPS) is 18.6. The molecule has 2 nitrogen and oxygen atoms in total. The molecule has 1 aromatic rings. The predicted molar refractivity (Wildman–Crippen MR) is 92.1 cm³/mol. The summed E-state index contributed by atoms with van der Waals surface area (Å²) in [7, 11) is 0. The Morgan fingerprint density at radius 3 is 2.18 bits per heavy atom. The SMILES string of the molecule is CCCCCOc1cc2c(cc1C=O)C(C)(C)CCC2(C)C. The Bertz CT molecular complexity index is 541. The third kappa shape index (κ3) is 3.37. The molecule has 0 aliphatic heterocycles. The van der Waals surface area contributed by atoms with Crippen molar-refractivity contribution in [3.05, 3.63) is 28.8 Å². The van der Waals surface area contributed by atoms with E-state index >= 15 is 0 Å². The maximum atomic E-state index is 11.5. The van der Waals surface area contributed by atoms with Crippen LogP contribution in [0.2, 0.25) is 0 Å². The van der Waals surface area contributed by atoms with Crippen molar-refractivity contribution in [2.75, 3.05) is 6.61 Å². The van der Waals surface area contributed by atoms with Crippen LogP contribution in [0.25, 0.3) is 0 Å². The molecule has 0 amide bonds. The van der Waals surface area contributed by atoms with Gasteiger partial charge in [-0.15, -0.1) is 0 Å². The Morgan fingerprint density at radius 1 is 1.05 bits per heavy atom. The van der Waals surface area contributed by atoms with E-state index < -0.39 is 0 Å². The zero-order valence-electron chi connectivity index (χ0n) is 14.8. The molecule has 0 fully saturated rings. The number of unbranched alkanes of at least 4 members (excludes halogenated alkanes) is 2. The Hall–Kier alpha value is -1.31. The molecule has 0 aromatic heterocycles. The Morgan fingerprint density at radius 2 is 1.64 bits per heavy atom. The van der Waals surface area contributed by atoms with Gasteiger partial charge in [0.05, 0.1) is 12.2 Å². The van der Waals surface area contributed by atoms with E-state index in [1.165, 1.54) is 30.4 Å². The minimum Gasteiger partial charge on any atom is -0.493 e. The Balaban J connectivity index is 2.38. The fraction of sp³-hybridized carbons (Fsp3) is 0.650. The molecule has 122 valence electrons. The molecular weight excluding hydrogens is 272 g/mol. The van der Waals surface area contributed by atoms with Gasteiger partial charge in [-0.1, -0.05) is 47.5 Å². The van der Waals surface area contributed by atoms with Crippen molar-refractivity contribution in [3.8, 4) is 5.75 Å². The summed E-state index contributed by atoms with van der Waals surface area (Å²) < 4.78 is 5.93. The third-order valence-electron chi connectivity index (χ3n) is 5.12. The molecule has 0 radical (unpaired) electrons. The second-order valence-corrected chi connectivity index (χ2v) is 7.88. The molecule has 0 bridgehead atoms. The number of aldehydes is 1. The van der Waals surface area contributed by atoms with Crippen LogP contribution in [0.15, 0.2) is 12.1 Å². The molecule has 0 atom stereocenters. The van der Waals surface area contributed by atoms with Crippen LogP contribution in [0.4, 0.5) is 0 Å². The van der Waals surface area contributed by atoms with Crippen LogP contribution in [0.1, 0.15) is 88.2 Å². The van der Waals surface area contributed by atoms with E-state index in [2.05, 4.69) is 46.8 Å². The highest BCUT2D eigenvalue weighted by Gasteiger charge is 2.37. The minimum atomic E-state index is 0.128. The summed E-state index contributed by atoms with van der Waals surface area (Å²) in [6.07, 6.45) is 6.65. The lowest BCUT2D eigenvalue weighted by molar-refractivity contribution is 0.111. The molecule has 0 N–H and O–H groups in total. The highest BCUT2D eigenvalue weighted by atomic mass is 16.5. The Kier molecular flexibility index (Phi) is 4.99. The van der Waals surface area contributed by atoms with Gasteiger partial charge < -0.3 is 4.74 Å². The van der Waals surface area contributed by atoms with Crippen LogP contribution >= 0.6 is 0 Å². The summed E-state index contributed by atoms with van der Waals surface area (Å²) >= 11 is 0. The maximum absolute atomic E-state index is 11.5. The highest BCUT2D eigenvalue weighted by molar-refractivity contribution is 5.80. The van der Waals surface area contributed by atoms with Crippen LogP contribution in [-0.2, 0) is 10.8 Å². The van der Waals surface area contributed by atoms with Crippen LogP contribution in [0.3, 0.4) is 0 Å². The molecule has 22 heavy (non-hydrogen) atoms. The number of benzene rings is 1. The van der Waals surface area contributed by atoms with Gasteiger partial charge in [0.25, 0.3) is 0 Å². The van der Waals surface area contributed by atoms with Crippen molar-refractivity contribution in [1.82, 2.24) is 0 Å². The van der Waals surface area contributed by atoms with Gasteiger partial charge in [0.2, 0.25) is 0 Å². The molecule has 0 spiro atoms. The van der Waals surface area contributed by atoms with E-state index in [1.807, 2.05) is 0 Å². The smallest absolute Gasteiger partial charge is 0.153 e.